The van der Waals surface area contributed by atoms with Crippen LogP contribution in [-0.4, -0.2) is 38.5 Å². The minimum atomic E-state index is -0.518. The number of amides is 1. The van der Waals surface area contributed by atoms with E-state index in [1.54, 1.807) is 12.1 Å². The number of nitrogens with one attached hydrogen (secondary N) is 1. The number of hydrogen-bond acceptors (Lipinski definition) is 6. The van der Waals surface area contributed by atoms with Crippen LogP contribution in [0.25, 0.3) is 10.9 Å². The number of ether oxygens (including phenoxy) is 1. The molecule has 0 bridgehead atoms. The van der Waals surface area contributed by atoms with Gasteiger partial charge in [-0.3, -0.25) is 9.59 Å². The fourth-order valence-electron chi connectivity index (χ4n) is 3.33. The van der Waals surface area contributed by atoms with E-state index in [9.17, 15) is 14.0 Å². The molecule has 1 aromatic carbocycles. The second-order valence-electron chi connectivity index (χ2n) is 6.94. The average molecular weight is 397 g/mol. The first-order valence-corrected chi connectivity index (χ1v) is 9.54. The Labute approximate surface area is 165 Å². The standard InChI is InChI=1S/C20H20FN5O3/c21-14-6-7-17-16(11-14)20(28)26(25-24-17)10-9-22-19(27)13-5-8-18(23-12-13)29-15-3-1-2-4-15/h5-8,11-12,15H,1-4,9-10H2,(H,22,27). The molecular weight excluding hydrogens is 377 g/mol. The van der Waals surface area contributed by atoms with E-state index in [0.717, 1.165) is 23.6 Å². The average Bonchev–Trinajstić information content (AvgIpc) is 3.23. The van der Waals surface area contributed by atoms with Crippen molar-refractivity contribution in [1.29, 1.82) is 0 Å². The maximum absolute atomic E-state index is 13.4. The smallest absolute Gasteiger partial charge is 0.277 e. The molecule has 1 aliphatic carbocycles. The van der Waals surface area contributed by atoms with Crippen LogP contribution in [0.1, 0.15) is 36.0 Å². The van der Waals surface area contributed by atoms with Gasteiger partial charge in [0.25, 0.3) is 11.5 Å². The third kappa shape index (κ3) is 4.39. The van der Waals surface area contributed by atoms with Crippen molar-refractivity contribution in [3.63, 3.8) is 0 Å². The maximum Gasteiger partial charge on any atom is 0.277 e. The molecule has 1 saturated carbocycles. The van der Waals surface area contributed by atoms with Gasteiger partial charge in [0.2, 0.25) is 5.88 Å². The van der Waals surface area contributed by atoms with Crippen LogP contribution in [0.15, 0.2) is 41.3 Å². The number of halogens is 1. The molecule has 150 valence electrons. The highest BCUT2D eigenvalue weighted by Gasteiger charge is 2.17. The van der Waals surface area contributed by atoms with Crippen molar-refractivity contribution in [2.45, 2.75) is 38.3 Å². The highest BCUT2D eigenvalue weighted by atomic mass is 19.1. The summed E-state index contributed by atoms with van der Waals surface area (Å²) in [5.41, 5.74) is 0.254. The predicted octanol–water partition coefficient (Wildman–Crippen LogP) is 2.08. The monoisotopic (exact) mass is 397 g/mol. The summed E-state index contributed by atoms with van der Waals surface area (Å²) >= 11 is 0. The first kappa shape index (κ1) is 19.0. The quantitative estimate of drug-likeness (QED) is 0.684. The van der Waals surface area contributed by atoms with E-state index >= 15 is 0 Å². The number of pyridine rings is 1. The van der Waals surface area contributed by atoms with Gasteiger partial charge in [-0.05, 0) is 49.9 Å². The zero-order valence-electron chi connectivity index (χ0n) is 15.7. The molecule has 1 N–H and O–H groups in total. The summed E-state index contributed by atoms with van der Waals surface area (Å²) in [4.78, 5) is 28.8. The van der Waals surface area contributed by atoms with Crippen LogP contribution in [0.5, 0.6) is 5.88 Å². The Hall–Kier alpha value is -3.36. The van der Waals surface area contributed by atoms with Gasteiger partial charge in [-0.1, -0.05) is 5.21 Å². The van der Waals surface area contributed by atoms with Gasteiger partial charge in [0.15, 0.2) is 0 Å². The SMILES string of the molecule is O=C(NCCn1nnc2ccc(F)cc2c1=O)c1ccc(OC2CCCC2)nc1. The molecule has 8 nitrogen and oxygen atoms in total. The van der Waals surface area contributed by atoms with Gasteiger partial charge in [-0.2, -0.15) is 0 Å². The highest BCUT2D eigenvalue weighted by molar-refractivity contribution is 5.93. The molecule has 3 aromatic rings. The first-order valence-electron chi connectivity index (χ1n) is 9.54. The van der Waals surface area contributed by atoms with E-state index in [2.05, 4.69) is 20.6 Å². The van der Waals surface area contributed by atoms with Crippen LogP contribution < -0.4 is 15.6 Å². The third-order valence-electron chi connectivity index (χ3n) is 4.88. The summed E-state index contributed by atoms with van der Waals surface area (Å²) in [5, 5.41) is 10.6. The Morgan fingerprint density at radius 2 is 2.07 bits per heavy atom. The van der Waals surface area contributed by atoms with Crippen molar-refractivity contribution < 1.29 is 13.9 Å². The lowest BCUT2D eigenvalue weighted by atomic mass is 10.2. The minimum Gasteiger partial charge on any atom is -0.474 e. The Morgan fingerprint density at radius 3 is 2.83 bits per heavy atom. The second kappa shape index (κ2) is 8.34. The maximum atomic E-state index is 13.4. The van der Waals surface area contributed by atoms with Crippen LogP contribution in [0, 0.1) is 5.82 Å². The molecule has 0 atom stereocenters. The molecule has 0 saturated heterocycles. The van der Waals surface area contributed by atoms with Crippen LogP contribution in [0.4, 0.5) is 4.39 Å². The molecule has 0 radical (unpaired) electrons. The molecule has 9 heteroatoms. The first-order chi connectivity index (χ1) is 14.1. The molecule has 2 heterocycles. The Bertz CT molecular complexity index is 1080. The zero-order valence-corrected chi connectivity index (χ0v) is 15.7. The number of rotatable bonds is 6. The fraction of sp³-hybridized carbons (Fsp3) is 0.350. The molecule has 1 amide bonds. The van der Waals surface area contributed by atoms with Crippen LogP contribution >= 0.6 is 0 Å². The van der Waals surface area contributed by atoms with Gasteiger partial charge in [-0.25, -0.2) is 14.1 Å². The lowest BCUT2D eigenvalue weighted by molar-refractivity contribution is 0.0951. The Morgan fingerprint density at radius 1 is 1.24 bits per heavy atom. The summed E-state index contributed by atoms with van der Waals surface area (Å²) in [6, 6.07) is 7.08. The van der Waals surface area contributed by atoms with E-state index in [-0.39, 0.29) is 30.5 Å². The summed E-state index contributed by atoms with van der Waals surface area (Å²) in [5.74, 6) is -0.327. The fourth-order valence-corrected chi connectivity index (χ4v) is 3.33. The molecular formula is C20H20FN5O3. The number of hydrogen-bond donors (Lipinski definition) is 1. The van der Waals surface area contributed by atoms with Crippen molar-refractivity contribution in [1.82, 2.24) is 25.3 Å². The van der Waals surface area contributed by atoms with Crippen molar-refractivity contribution in [3.8, 4) is 5.88 Å². The van der Waals surface area contributed by atoms with Gasteiger partial charge in [0, 0.05) is 18.8 Å². The van der Waals surface area contributed by atoms with Crippen LogP contribution in [-0.2, 0) is 6.54 Å². The van der Waals surface area contributed by atoms with E-state index in [0.29, 0.717) is 17.0 Å². The number of nitrogens with zero attached hydrogens (tertiary/aromatic N) is 4. The molecule has 29 heavy (non-hydrogen) atoms. The van der Waals surface area contributed by atoms with Crippen LogP contribution in [0.3, 0.4) is 0 Å². The van der Waals surface area contributed by atoms with Gasteiger partial charge in [0.05, 0.1) is 17.5 Å². The molecule has 0 unspecified atom stereocenters. The van der Waals surface area contributed by atoms with E-state index in [1.165, 1.54) is 31.2 Å². The van der Waals surface area contributed by atoms with Gasteiger partial charge < -0.3 is 10.1 Å². The van der Waals surface area contributed by atoms with Crippen molar-refractivity contribution in [2.24, 2.45) is 0 Å². The normalized spacial score (nSPS) is 14.2. The molecule has 1 fully saturated rings. The van der Waals surface area contributed by atoms with Gasteiger partial charge in [0.1, 0.15) is 17.4 Å². The van der Waals surface area contributed by atoms with E-state index < -0.39 is 11.4 Å². The largest absolute Gasteiger partial charge is 0.474 e. The number of aromatic nitrogens is 4. The minimum absolute atomic E-state index is 0.111. The summed E-state index contributed by atoms with van der Waals surface area (Å²) in [6.45, 7) is 0.273. The second-order valence-corrected chi connectivity index (χ2v) is 6.94. The van der Waals surface area contributed by atoms with Gasteiger partial charge >= 0.3 is 0 Å². The van der Waals surface area contributed by atoms with Gasteiger partial charge in [-0.15, -0.1) is 5.10 Å². The molecule has 4 rings (SSSR count). The van der Waals surface area contributed by atoms with Crippen LogP contribution in [0.2, 0.25) is 0 Å². The number of carbonyl (C=O) groups is 1. The lowest BCUT2D eigenvalue weighted by Gasteiger charge is -2.12. The summed E-state index contributed by atoms with van der Waals surface area (Å²) < 4.78 is 20.2. The topological polar surface area (TPSA) is 99.0 Å². The molecule has 0 spiro atoms. The predicted molar refractivity (Wildman–Crippen MR) is 103 cm³/mol. The summed E-state index contributed by atoms with van der Waals surface area (Å²) in [6.07, 6.45) is 6.08. The Balaban J connectivity index is 1.34. The highest BCUT2D eigenvalue weighted by Crippen LogP contribution is 2.22. The van der Waals surface area contributed by atoms with E-state index in [1.807, 2.05) is 0 Å². The third-order valence-corrected chi connectivity index (χ3v) is 4.88. The van der Waals surface area contributed by atoms with Crippen molar-refractivity contribution in [2.75, 3.05) is 6.54 Å². The zero-order chi connectivity index (χ0) is 20.2. The molecule has 2 aromatic heterocycles. The Kier molecular flexibility index (Phi) is 5.46. The lowest BCUT2D eigenvalue weighted by Crippen LogP contribution is -2.32. The van der Waals surface area contributed by atoms with Crippen molar-refractivity contribution >= 4 is 16.8 Å². The van der Waals surface area contributed by atoms with E-state index in [4.69, 9.17) is 4.74 Å². The number of carbonyl (C=O) groups excluding carboxylic acids is 1. The number of benzene rings is 1. The summed E-state index contributed by atoms with van der Waals surface area (Å²) in [7, 11) is 0. The number of fused-ring (bicyclic) bond motifs is 1. The molecule has 0 aliphatic heterocycles. The molecule has 1 aliphatic rings. The van der Waals surface area contributed by atoms with Crippen molar-refractivity contribution in [3.05, 3.63) is 58.3 Å².